The number of hydrogen-bond donors (Lipinski definition) is 2. The molecule has 212 valence electrons. The summed E-state index contributed by atoms with van der Waals surface area (Å²) in [6.07, 6.45) is 27.2. The van der Waals surface area contributed by atoms with E-state index in [2.05, 4.69) is 19.1 Å². The molecule has 9 heteroatoms. The molecule has 0 bridgehead atoms. The Balaban J connectivity index is 3.93. The van der Waals surface area contributed by atoms with Crippen molar-refractivity contribution in [2.45, 2.75) is 64.4 Å². The number of phosphoric ester groups is 1. The third-order valence-corrected chi connectivity index (χ3v) is 5.97. The number of ether oxygens (including phenoxy) is 1. The van der Waals surface area contributed by atoms with Crippen LogP contribution in [0.2, 0.25) is 0 Å². The third-order valence-electron chi connectivity index (χ3n) is 4.99. The average Bonchev–Trinajstić information content (AvgIpc) is 2.82. The molecule has 0 rings (SSSR count). The van der Waals surface area contributed by atoms with Crippen LogP contribution in [0.3, 0.4) is 0 Å². The van der Waals surface area contributed by atoms with E-state index in [-0.39, 0.29) is 13.2 Å². The van der Waals surface area contributed by atoms with E-state index in [1.54, 1.807) is 12.2 Å². The quantitative estimate of drug-likeness (QED) is 0.0455. The van der Waals surface area contributed by atoms with Crippen LogP contribution >= 0.6 is 7.82 Å². The highest BCUT2D eigenvalue weighted by Gasteiger charge is 2.24. The molecule has 0 aliphatic carbocycles. The minimum atomic E-state index is -4.28. The number of nitrogens with zero attached hydrogens (tertiary/aromatic N) is 1. The Bertz CT molecular complexity index is 782. The monoisotopic (exact) mass is 542 g/mol. The minimum Gasteiger partial charge on any atom is -0.460 e. The molecule has 0 spiro atoms. The number of phosphoric acid groups is 1. The maximum Gasteiger partial charge on any atom is 0.472 e. The van der Waals surface area contributed by atoms with Crippen molar-refractivity contribution in [3.63, 3.8) is 0 Å². The summed E-state index contributed by atoms with van der Waals surface area (Å²) in [5.74, 6) is -0.648. The van der Waals surface area contributed by atoms with Gasteiger partial charge in [0.2, 0.25) is 0 Å². The van der Waals surface area contributed by atoms with Crippen LogP contribution in [0.15, 0.2) is 60.8 Å². The zero-order chi connectivity index (χ0) is 27.8. The Hall–Kier alpha value is -1.80. The lowest BCUT2D eigenvalue weighted by Crippen LogP contribution is -2.37. The molecule has 2 N–H and O–H groups in total. The molecule has 8 nitrogen and oxygen atoms in total. The van der Waals surface area contributed by atoms with Crippen LogP contribution in [0.5, 0.6) is 0 Å². The van der Waals surface area contributed by atoms with Gasteiger partial charge >= 0.3 is 13.8 Å². The van der Waals surface area contributed by atoms with Gasteiger partial charge in [-0.25, -0.2) is 9.36 Å². The molecule has 37 heavy (non-hydrogen) atoms. The second kappa shape index (κ2) is 22.2. The van der Waals surface area contributed by atoms with Gasteiger partial charge in [0.1, 0.15) is 25.9 Å². The van der Waals surface area contributed by atoms with Gasteiger partial charge in [-0.3, -0.25) is 9.05 Å². The Kier molecular flexibility index (Phi) is 21.1. The molecule has 0 fully saturated rings. The van der Waals surface area contributed by atoms with Crippen LogP contribution in [0, 0.1) is 0 Å². The number of allylic oxidation sites excluding steroid dienone is 9. The van der Waals surface area contributed by atoms with E-state index in [1.807, 2.05) is 45.4 Å². The van der Waals surface area contributed by atoms with Gasteiger partial charge in [-0.2, -0.15) is 0 Å². The third kappa shape index (κ3) is 27.1. The summed E-state index contributed by atoms with van der Waals surface area (Å²) in [6.45, 7) is 1.91. The Morgan fingerprint density at radius 1 is 0.838 bits per heavy atom. The fourth-order valence-corrected chi connectivity index (χ4v) is 3.58. The molecule has 0 aromatic heterocycles. The molecule has 0 aromatic rings. The second-order valence-electron chi connectivity index (χ2n) is 9.75. The topological polar surface area (TPSA) is 102 Å². The highest BCUT2D eigenvalue weighted by molar-refractivity contribution is 7.47. The Morgan fingerprint density at radius 3 is 2.03 bits per heavy atom. The number of rotatable bonds is 22. The number of aliphatic hydroxyl groups is 1. The van der Waals surface area contributed by atoms with E-state index in [4.69, 9.17) is 13.8 Å². The molecule has 0 aliphatic heterocycles. The highest BCUT2D eigenvalue weighted by atomic mass is 31.2. The Labute approximate surface area is 224 Å². The van der Waals surface area contributed by atoms with Crippen LogP contribution < -0.4 is 0 Å². The number of esters is 1. The molecule has 0 saturated heterocycles. The molecule has 0 saturated carbocycles. The van der Waals surface area contributed by atoms with E-state index in [1.165, 1.54) is 57.1 Å². The van der Waals surface area contributed by atoms with Crippen molar-refractivity contribution < 1.29 is 37.6 Å². The van der Waals surface area contributed by atoms with E-state index in [0.717, 1.165) is 6.42 Å². The summed E-state index contributed by atoms with van der Waals surface area (Å²) in [5, 5.41) is 9.78. The Morgan fingerprint density at radius 2 is 1.41 bits per heavy atom. The van der Waals surface area contributed by atoms with E-state index < -0.39 is 26.5 Å². The summed E-state index contributed by atoms with van der Waals surface area (Å²) in [7, 11) is 1.48. The lowest BCUT2D eigenvalue weighted by molar-refractivity contribution is -0.870. The lowest BCUT2D eigenvalue weighted by atomic mass is 10.1. The zero-order valence-corrected chi connectivity index (χ0v) is 24.1. The number of carbonyl (C=O) groups excluding carboxylic acids is 1. The molecular formula is C28H49NO7P+. The first-order valence-corrected chi connectivity index (χ1v) is 14.7. The number of carbonyl (C=O) groups is 1. The predicted octanol–water partition coefficient (Wildman–Crippen LogP) is 5.65. The summed E-state index contributed by atoms with van der Waals surface area (Å²) >= 11 is 0. The second-order valence-corrected chi connectivity index (χ2v) is 11.2. The van der Waals surface area contributed by atoms with Crippen molar-refractivity contribution in [2.24, 2.45) is 0 Å². The first kappa shape index (κ1) is 35.2. The van der Waals surface area contributed by atoms with Gasteiger partial charge in [0.05, 0.1) is 27.7 Å². The summed E-state index contributed by atoms with van der Waals surface area (Å²) < 4.78 is 26.8. The van der Waals surface area contributed by atoms with Crippen molar-refractivity contribution in [1.29, 1.82) is 0 Å². The standard InChI is InChI=1S/C28H48NO7P/c1-5-6-7-8-9-10-11-12-13-14-15-16-17-18-19-20-21-22-28(31)34-25-27(30)26-36-37(32,33)35-24-23-29(2,3)4/h13-22,27,30H,5-12,23-26H2,1-4H3/p+1/t27-/m1/s1. The number of hydrogen-bond acceptors (Lipinski definition) is 6. The van der Waals surface area contributed by atoms with Gasteiger partial charge in [0.25, 0.3) is 0 Å². The summed E-state index contributed by atoms with van der Waals surface area (Å²) in [6, 6.07) is 0. The highest BCUT2D eigenvalue weighted by Crippen LogP contribution is 2.43. The maximum absolute atomic E-state index is 11.8. The molecule has 0 amide bonds. The van der Waals surface area contributed by atoms with Gasteiger partial charge in [0, 0.05) is 6.08 Å². The number of quaternary nitrogens is 1. The fraction of sp³-hybridized carbons (Fsp3) is 0.607. The van der Waals surface area contributed by atoms with Crippen molar-refractivity contribution >= 4 is 13.8 Å². The molecule has 0 aliphatic rings. The maximum atomic E-state index is 11.8. The predicted molar refractivity (Wildman–Crippen MR) is 150 cm³/mol. The van der Waals surface area contributed by atoms with Crippen LogP contribution in [0.4, 0.5) is 0 Å². The molecule has 1 unspecified atom stereocenters. The van der Waals surface area contributed by atoms with E-state index >= 15 is 0 Å². The van der Waals surface area contributed by atoms with Crippen molar-refractivity contribution in [1.82, 2.24) is 0 Å². The summed E-state index contributed by atoms with van der Waals surface area (Å²) in [4.78, 5) is 21.3. The largest absolute Gasteiger partial charge is 0.472 e. The number of unbranched alkanes of at least 4 members (excludes halogenated alkanes) is 7. The molecule has 0 aromatic carbocycles. The van der Waals surface area contributed by atoms with Crippen LogP contribution in [-0.2, 0) is 23.1 Å². The molecule has 0 heterocycles. The average molecular weight is 543 g/mol. The number of likely N-dealkylation sites (N-methyl/N-ethyl adjacent to an activating group) is 1. The van der Waals surface area contributed by atoms with Gasteiger partial charge in [-0.15, -0.1) is 0 Å². The first-order valence-electron chi connectivity index (χ1n) is 13.2. The van der Waals surface area contributed by atoms with Crippen molar-refractivity contribution in [3.05, 3.63) is 60.8 Å². The van der Waals surface area contributed by atoms with Crippen LogP contribution in [0.25, 0.3) is 0 Å². The van der Waals surface area contributed by atoms with Gasteiger partial charge in [0.15, 0.2) is 0 Å². The zero-order valence-electron chi connectivity index (χ0n) is 23.2. The summed E-state index contributed by atoms with van der Waals surface area (Å²) in [5.41, 5.74) is 0. The van der Waals surface area contributed by atoms with Gasteiger partial charge in [-0.05, 0) is 12.8 Å². The first-order chi connectivity index (χ1) is 17.6. The number of aliphatic hydroxyl groups excluding tert-OH is 1. The van der Waals surface area contributed by atoms with Gasteiger partial charge < -0.3 is 19.2 Å². The van der Waals surface area contributed by atoms with Crippen LogP contribution in [0.1, 0.15) is 58.3 Å². The SMILES string of the molecule is CCCCCCCCCC=CC=CC=CC=CC=CC(=O)OC[C@@H](O)COP(=O)(O)OCC[N+](C)(C)C. The van der Waals surface area contributed by atoms with Gasteiger partial charge in [-0.1, -0.05) is 100 Å². The smallest absolute Gasteiger partial charge is 0.460 e. The normalized spacial score (nSPS) is 15.5. The van der Waals surface area contributed by atoms with E-state index in [0.29, 0.717) is 11.0 Å². The van der Waals surface area contributed by atoms with Crippen LogP contribution in [-0.4, -0.2) is 74.1 Å². The molecular weight excluding hydrogens is 493 g/mol. The fourth-order valence-electron chi connectivity index (χ4n) is 2.84. The molecule has 2 atom stereocenters. The van der Waals surface area contributed by atoms with Crippen molar-refractivity contribution in [3.8, 4) is 0 Å². The van der Waals surface area contributed by atoms with E-state index in [9.17, 15) is 19.4 Å². The lowest BCUT2D eigenvalue weighted by Gasteiger charge is -2.24. The minimum absolute atomic E-state index is 0.0303. The van der Waals surface area contributed by atoms with Crippen molar-refractivity contribution in [2.75, 3.05) is 47.5 Å². The molecule has 0 radical (unpaired) electrons.